The fourth-order valence-corrected chi connectivity index (χ4v) is 4.04. The number of likely N-dealkylation sites (tertiary alicyclic amines) is 1. The molecule has 9 nitrogen and oxygen atoms in total. The average molecular weight is 403 g/mol. The van der Waals surface area contributed by atoms with Crippen LogP contribution in [0.3, 0.4) is 0 Å². The molecule has 0 unspecified atom stereocenters. The van der Waals surface area contributed by atoms with Crippen molar-refractivity contribution in [2.24, 2.45) is 5.92 Å². The summed E-state index contributed by atoms with van der Waals surface area (Å²) in [5.41, 5.74) is 0.959. The summed E-state index contributed by atoms with van der Waals surface area (Å²) in [6, 6.07) is 7.50. The van der Waals surface area contributed by atoms with Crippen LogP contribution in [0.1, 0.15) is 30.7 Å². The van der Waals surface area contributed by atoms with Gasteiger partial charge in [-0.05, 0) is 24.8 Å². The van der Waals surface area contributed by atoms with E-state index in [1.54, 1.807) is 0 Å². The van der Waals surface area contributed by atoms with Crippen LogP contribution in [0.5, 0.6) is 0 Å². The van der Waals surface area contributed by atoms with Gasteiger partial charge < -0.3 is 20.5 Å². The molecule has 3 amide bonds. The highest BCUT2D eigenvalue weighted by Gasteiger charge is 2.42. The third kappa shape index (κ3) is 4.67. The Kier molecular flexibility index (Phi) is 6.36. The van der Waals surface area contributed by atoms with Gasteiger partial charge in [-0.25, -0.2) is 9.59 Å². The maximum atomic E-state index is 12.9. The molecule has 2 fully saturated rings. The Morgan fingerprint density at radius 1 is 1.31 bits per heavy atom. The Bertz CT molecular complexity index is 784. The second-order valence-corrected chi connectivity index (χ2v) is 7.39. The number of carbonyl (C=O) groups excluding carboxylic acids is 3. The molecular weight excluding hydrogens is 378 g/mol. The second-order valence-electron chi connectivity index (χ2n) is 7.39. The fourth-order valence-electron chi connectivity index (χ4n) is 4.04. The lowest BCUT2D eigenvalue weighted by atomic mass is 9.95. The van der Waals surface area contributed by atoms with E-state index >= 15 is 0 Å². The molecule has 4 atom stereocenters. The number of hydrogen-bond acceptors (Lipinski definition) is 5. The summed E-state index contributed by atoms with van der Waals surface area (Å²) < 4.78 is 4.77. The lowest BCUT2D eigenvalue weighted by Crippen LogP contribution is -2.51. The zero-order valence-corrected chi connectivity index (χ0v) is 16.2. The van der Waals surface area contributed by atoms with Crippen LogP contribution in [-0.2, 0) is 19.1 Å². The van der Waals surface area contributed by atoms with Crippen LogP contribution in [-0.4, -0.2) is 66.2 Å². The number of amides is 3. The van der Waals surface area contributed by atoms with Crippen molar-refractivity contribution in [2.75, 3.05) is 20.2 Å². The first-order valence-electron chi connectivity index (χ1n) is 9.61. The number of benzene rings is 1. The molecular formula is C20H25N3O6. The molecule has 156 valence electrons. The lowest BCUT2D eigenvalue weighted by Gasteiger charge is -2.24. The van der Waals surface area contributed by atoms with Gasteiger partial charge in [0.15, 0.2) is 0 Å². The number of rotatable bonds is 6. The van der Waals surface area contributed by atoms with Crippen LogP contribution >= 0.6 is 0 Å². The third-order valence-corrected chi connectivity index (χ3v) is 5.61. The number of carboxylic acid groups (broad SMARTS) is 1. The molecule has 0 spiro atoms. The lowest BCUT2D eigenvalue weighted by molar-refractivity contribution is -0.146. The molecule has 2 aliphatic rings. The topological polar surface area (TPSA) is 125 Å². The summed E-state index contributed by atoms with van der Waals surface area (Å²) in [6.45, 7) is 0.727. The Balaban J connectivity index is 1.72. The van der Waals surface area contributed by atoms with E-state index in [1.807, 2.05) is 30.3 Å². The van der Waals surface area contributed by atoms with Crippen molar-refractivity contribution in [2.45, 2.75) is 37.3 Å². The highest BCUT2D eigenvalue weighted by Crippen LogP contribution is 2.32. The van der Waals surface area contributed by atoms with E-state index in [9.17, 15) is 24.3 Å². The van der Waals surface area contributed by atoms with Crippen molar-refractivity contribution in [1.82, 2.24) is 15.5 Å². The van der Waals surface area contributed by atoms with E-state index < -0.39 is 36.0 Å². The number of hydrogen-bond donors (Lipinski definition) is 3. The van der Waals surface area contributed by atoms with E-state index in [0.717, 1.165) is 10.5 Å². The Labute approximate surface area is 168 Å². The van der Waals surface area contributed by atoms with Gasteiger partial charge in [0.05, 0.1) is 7.11 Å². The summed E-state index contributed by atoms with van der Waals surface area (Å²) in [5, 5.41) is 14.9. The molecule has 1 aromatic rings. The summed E-state index contributed by atoms with van der Waals surface area (Å²) in [4.78, 5) is 49.7. The maximum Gasteiger partial charge on any atom is 0.408 e. The van der Waals surface area contributed by atoms with Crippen molar-refractivity contribution >= 4 is 23.9 Å². The molecule has 2 aliphatic heterocycles. The molecule has 2 saturated heterocycles. The normalized spacial score (nSPS) is 24.7. The van der Waals surface area contributed by atoms with Crippen molar-refractivity contribution in [1.29, 1.82) is 0 Å². The predicted octanol–water partition coefficient (Wildman–Crippen LogP) is 0.707. The number of nitrogens with zero attached hydrogens (tertiary/aromatic N) is 1. The Morgan fingerprint density at radius 2 is 2.03 bits per heavy atom. The number of nitrogens with one attached hydrogen (secondary N) is 2. The molecule has 0 aromatic heterocycles. The number of ether oxygens (including phenoxy) is 1. The first-order valence-corrected chi connectivity index (χ1v) is 9.61. The molecule has 0 bridgehead atoms. The molecule has 29 heavy (non-hydrogen) atoms. The average Bonchev–Trinajstić information content (AvgIpc) is 3.34. The first kappa shape index (κ1) is 20.6. The molecule has 0 saturated carbocycles. The van der Waals surface area contributed by atoms with E-state index in [2.05, 4.69) is 10.6 Å². The Morgan fingerprint density at radius 3 is 2.62 bits per heavy atom. The van der Waals surface area contributed by atoms with E-state index in [1.165, 1.54) is 7.11 Å². The minimum Gasteiger partial charge on any atom is -0.467 e. The molecule has 3 N–H and O–H groups in total. The highest BCUT2D eigenvalue weighted by atomic mass is 16.5. The predicted molar refractivity (Wildman–Crippen MR) is 102 cm³/mol. The largest absolute Gasteiger partial charge is 0.467 e. The van der Waals surface area contributed by atoms with Crippen molar-refractivity contribution < 1.29 is 29.0 Å². The van der Waals surface area contributed by atoms with Crippen LogP contribution in [0, 0.1) is 5.92 Å². The molecule has 9 heteroatoms. The summed E-state index contributed by atoms with van der Waals surface area (Å²) >= 11 is 0. The SMILES string of the molecule is COC(=O)[C@H](C[C@@H]1CCNC1=O)NC(=O)[C@@H]1C[C@@H](c2ccccc2)CN1C(=O)O. The number of esters is 1. The van der Waals surface area contributed by atoms with Crippen molar-refractivity contribution in [3.63, 3.8) is 0 Å². The minimum absolute atomic E-state index is 0.111. The first-order chi connectivity index (χ1) is 13.9. The molecule has 2 heterocycles. The van der Waals surface area contributed by atoms with Crippen LogP contribution in [0.25, 0.3) is 0 Å². The number of carbonyl (C=O) groups is 4. The second kappa shape index (κ2) is 8.93. The minimum atomic E-state index is -1.19. The van der Waals surface area contributed by atoms with E-state index in [0.29, 0.717) is 19.4 Å². The van der Waals surface area contributed by atoms with E-state index in [4.69, 9.17) is 4.74 Å². The molecule has 0 radical (unpaired) electrons. The van der Waals surface area contributed by atoms with Gasteiger partial charge in [0.1, 0.15) is 12.1 Å². The van der Waals surface area contributed by atoms with Gasteiger partial charge in [-0.3, -0.25) is 14.5 Å². The van der Waals surface area contributed by atoms with Gasteiger partial charge in [0.25, 0.3) is 0 Å². The number of methoxy groups -OCH3 is 1. The smallest absolute Gasteiger partial charge is 0.408 e. The van der Waals surface area contributed by atoms with Gasteiger partial charge >= 0.3 is 12.1 Å². The van der Waals surface area contributed by atoms with E-state index in [-0.39, 0.29) is 24.8 Å². The van der Waals surface area contributed by atoms with Gasteiger partial charge in [0, 0.05) is 24.9 Å². The molecule has 1 aromatic carbocycles. The molecule has 0 aliphatic carbocycles. The zero-order valence-electron chi connectivity index (χ0n) is 16.2. The standard InChI is InChI=1S/C20H25N3O6/c1-29-19(26)15(9-13-7-8-21-17(13)24)22-18(25)16-10-14(11-23(16)20(27)28)12-5-3-2-4-6-12/h2-6,13-16H,7-11H2,1H3,(H,21,24)(H,22,25)(H,27,28)/t13-,14+,15-,16-/m0/s1. The van der Waals surface area contributed by atoms with Crippen LogP contribution in [0.2, 0.25) is 0 Å². The molecule has 3 rings (SSSR count). The quantitative estimate of drug-likeness (QED) is 0.601. The van der Waals surface area contributed by atoms with Gasteiger partial charge in [-0.2, -0.15) is 0 Å². The fraction of sp³-hybridized carbons (Fsp3) is 0.500. The van der Waals surface area contributed by atoms with Crippen molar-refractivity contribution in [3.05, 3.63) is 35.9 Å². The van der Waals surface area contributed by atoms with Gasteiger partial charge in [-0.15, -0.1) is 0 Å². The maximum absolute atomic E-state index is 12.9. The van der Waals surface area contributed by atoms with Gasteiger partial charge in [0.2, 0.25) is 11.8 Å². The van der Waals surface area contributed by atoms with Crippen LogP contribution in [0.15, 0.2) is 30.3 Å². The monoisotopic (exact) mass is 403 g/mol. The van der Waals surface area contributed by atoms with Gasteiger partial charge in [-0.1, -0.05) is 30.3 Å². The highest BCUT2D eigenvalue weighted by molar-refractivity contribution is 5.90. The van der Waals surface area contributed by atoms with Crippen LogP contribution < -0.4 is 10.6 Å². The van der Waals surface area contributed by atoms with Crippen LogP contribution in [0.4, 0.5) is 4.79 Å². The summed E-state index contributed by atoms with van der Waals surface area (Å²) in [7, 11) is 1.21. The third-order valence-electron chi connectivity index (χ3n) is 5.61. The summed E-state index contributed by atoms with van der Waals surface area (Å²) in [5.74, 6) is -1.88. The Hall–Kier alpha value is -3.10. The van der Waals surface area contributed by atoms with Crippen molar-refractivity contribution in [3.8, 4) is 0 Å². The summed E-state index contributed by atoms with van der Waals surface area (Å²) in [6.07, 6.45) is -0.178. The zero-order chi connectivity index (χ0) is 21.0.